The number of carbonyl (C=O) groups is 2. The van der Waals surface area contributed by atoms with Crippen LogP contribution in [0.4, 0.5) is 0 Å². The smallest absolute Gasteiger partial charge is 0.326 e. The zero-order chi connectivity index (χ0) is 14.2. The fourth-order valence-electron chi connectivity index (χ4n) is 3.94. The van der Waals surface area contributed by atoms with Gasteiger partial charge in [0.25, 0.3) is 0 Å². The van der Waals surface area contributed by atoms with Gasteiger partial charge in [0.2, 0.25) is 5.91 Å². The number of carboxylic acids is 1. The van der Waals surface area contributed by atoms with Crippen molar-refractivity contribution in [2.75, 3.05) is 6.54 Å². The summed E-state index contributed by atoms with van der Waals surface area (Å²) in [7, 11) is 0. The molecule has 2 aliphatic carbocycles. The lowest BCUT2D eigenvalue weighted by molar-refractivity contribution is -0.153. The molecule has 1 saturated heterocycles. The van der Waals surface area contributed by atoms with Crippen LogP contribution in [0.15, 0.2) is 0 Å². The Balaban J connectivity index is 1.79. The van der Waals surface area contributed by atoms with Crippen LogP contribution in [0.3, 0.4) is 0 Å². The maximum atomic E-state index is 12.6. The van der Waals surface area contributed by atoms with Crippen molar-refractivity contribution < 1.29 is 14.7 Å². The maximum absolute atomic E-state index is 12.6. The lowest BCUT2D eigenvalue weighted by Gasteiger charge is -2.34. The number of nitrogens with zero attached hydrogens (tertiary/aromatic N) is 1. The largest absolute Gasteiger partial charge is 0.480 e. The molecule has 4 heteroatoms. The van der Waals surface area contributed by atoms with Gasteiger partial charge < -0.3 is 10.0 Å². The Labute approximate surface area is 114 Å². The average molecular weight is 265 g/mol. The van der Waals surface area contributed by atoms with E-state index in [2.05, 4.69) is 0 Å². The van der Waals surface area contributed by atoms with Crippen LogP contribution in [-0.4, -0.2) is 34.5 Å². The van der Waals surface area contributed by atoms with Gasteiger partial charge in [-0.3, -0.25) is 4.79 Å². The molecule has 3 fully saturated rings. The Bertz CT molecular complexity index is 447. The third-order valence-corrected chi connectivity index (χ3v) is 5.83. The first-order chi connectivity index (χ1) is 8.70. The van der Waals surface area contributed by atoms with Crippen molar-refractivity contribution in [1.29, 1.82) is 0 Å². The van der Waals surface area contributed by atoms with E-state index in [1.54, 1.807) is 4.90 Å². The number of amides is 1. The maximum Gasteiger partial charge on any atom is 0.326 e. The van der Waals surface area contributed by atoms with Gasteiger partial charge in [0, 0.05) is 18.4 Å². The summed E-state index contributed by atoms with van der Waals surface area (Å²) in [6.07, 6.45) is 2.34. The SMILES string of the molecule is C[C@H](C(=O)N1CC2[C@@H]([C@H]1C(=O)O)C21CC1)C(C)(C)C. The first kappa shape index (κ1) is 12.9. The van der Waals surface area contributed by atoms with E-state index in [0.717, 1.165) is 0 Å². The first-order valence-corrected chi connectivity index (χ1v) is 7.23. The third-order valence-electron chi connectivity index (χ3n) is 5.83. The second-order valence-corrected chi connectivity index (χ2v) is 7.73. The number of likely N-dealkylation sites (tertiary alicyclic amines) is 1. The van der Waals surface area contributed by atoms with E-state index in [1.165, 1.54) is 12.8 Å². The average Bonchev–Trinajstić information content (AvgIpc) is 3.15. The van der Waals surface area contributed by atoms with Crippen molar-refractivity contribution in [1.82, 2.24) is 4.90 Å². The van der Waals surface area contributed by atoms with E-state index in [-0.39, 0.29) is 23.2 Å². The van der Waals surface area contributed by atoms with Gasteiger partial charge in [0.05, 0.1) is 0 Å². The molecule has 19 heavy (non-hydrogen) atoms. The van der Waals surface area contributed by atoms with E-state index in [0.29, 0.717) is 17.9 Å². The zero-order valence-electron chi connectivity index (χ0n) is 12.1. The lowest BCUT2D eigenvalue weighted by Crippen LogP contribution is -2.48. The molecule has 106 valence electrons. The Kier molecular flexibility index (Phi) is 2.40. The van der Waals surface area contributed by atoms with Gasteiger partial charge in [0.15, 0.2) is 0 Å². The van der Waals surface area contributed by atoms with Gasteiger partial charge in [-0.1, -0.05) is 27.7 Å². The van der Waals surface area contributed by atoms with Crippen LogP contribution in [0.5, 0.6) is 0 Å². The van der Waals surface area contributed by atoms with Crippen LogP contribution in [0, 0.1) is 28.6 Å². The quantitative estimate of drug-likeness (QED) is 0.830. The third kappa shape index (κ3) is 1.65. The van der Waals surface area contributed by atoms with Crippen LogP contribution in [-0.2, 0) is 9.59 Å². The summed E-state index contributed by atoms with van der Waals surface area (Å²) >= 11 is 0. The molecule has 4 atom stereocenters. The molecule has 0 radical (unpaired) electrons. The van der Waals surface area contributed by atoms with Crippen LogP contribution in [0.1, 0.15) is 40.5 Å². The lowest BCUT2D eigenvalue weighted by atomic mass is 9.81. The van der Waals surface area contributed by atoms with Gasteiger partial charge in [-0.25, -0.2) is 4.79 Å². The molecule has 1 amide bonds. The van der Waals surface area contributed by atoms with Gasteiger partial charge in [0.1, 0.15) is 6.04 Å². The van der Waals surface area contributed by atoms with Crippen molar-refractivity contribution >= 4 is 11.9 Å². The van der Waals surface area contributed by atoms with E-state index >= 15 is 0 Å². The Morgan fingerprint density at radius 3 is 2.32 bits per heavy atom. The van der Waals surface area contributed by atoms with Crippen LogP contribution in [0.25, 0.3) is 0 Å². The highest BCUT2D eigenvalue weighted by Crippen LogP contribution is 2.78. The monoisotopic (exact) mass is 265 g/mol. The Hall–Kier alpha value is -1.06. The highest BCUT2D eigenvalue weighted by Gasteiger charge is 2.79. The summed E-state index contributed by atoms with van der Waals surface area (Å²) in [6.45, 7) is 8.68. The van der Waals surface area contributed by atoms with E-state index in [1.807, 2.05) is 27.7 Å². The molecular weight excluding hydrogens is 242 g/mol. The minimum Gasteiger partial charge on any atom is -0.480 e. The van der Waals surface area contributed by atoms with Gasteiger partial charge in [-0.05, 0) is 29.6 Å². The number of fused-ring (bicyclic) bond motifs is 3. The number of piperidine rings is 1. The predicted octanol–water partition coefficient (Wildman–Crippen LogP) is 1.99. The summed E-state index contributed by atoms with van der Waals surface area (Å²) in [5.74, 6) is -0.235. The normalized spacial score (nSPS) is 36.0. The van der Waals surface area contributed by atoms with E-state index in [4.69, 9.17) is 0 Å². The number of carbonyl (C=O) groups excluding carboxylic acids is 1. The standard InChI is InChI=1S/C15H23NO3/c1-8(14(2,3)4)12(17)16-7-9-10(11(16)13(18)19)15(9)5-6-15/h8-11H,5-7H2,1-4H3,(H,18,19)/t8-,9?,10+,11+/m1/s1. The molecule has 1 aliphatic heterocycles. The predicted molar refractivity (Wildman–Crippen MR) is 70.4 cm³/mol. The molecule has 2 saturated carbocycles. The zero-order valence-corrected chi connectivity index (χ0v) is 12.1. The molecular formula is C15H23NO3. The number of rotatable bonds is 2. The highest BCUT2D eigenvalue weighted by molar-refractivity contribution is 5.87. The first-order valence-electron chi connectivity index (χ1n) is 7.23. The summed E-state index contributed by atoms with van der Waals surface area (Å²) in [4.78, 5) is 25.8. The van der Waals surface area contributed by atoms with E-state index < -0.39 is 12.0 Å². The fraction of sp³-hybridized carbons (Fsp3) is 0.867. The fourth-order valence-corrected chi connectivity index (χ4v) is 3.94. The van der Waals surface area contributed by atoms with Crippen molar-refractivity contribution in [2.24, 2.45) is 28.6 Å². The van der Waals surface area contributed by atoms with Crippen molar-refractivity contribution in [3.8, 4) is 0 Å². The Morgan fingerprint density at radius 1 is 1.32 bits per heavy atom. The minimum atomic E-state index is -0.814. The molecule has 1 heterocycles. The molecule has 1 N–H and O–H groups in total. The van der Waals surface area contributed by atoms with E-state index in [9.17, 15) is 14.7 Å². The topological polar surface area (TPSA) is 57.6 Å². The molecule has 1 spiro atoms. The van der Waals surface area contributed by atoms with Crippen molar-refractivity contribution in [3.05, 3.63) is 0 Å². The number of hydrogen-bond acceptors (Lipinski definition) is 2. The molecule has 0 bridgehead atoms. The van der Waals surface area contributed by atoms with Crippen LogP contribution < -0.4 is 0 Å². The molecule has 4 nitrogen and oxygen atoms in total. The number of carboxylic acid groups (broad SMARTS) is 1. The summed E-state index contributed by atoms with van der Waals surface area (Å²) < 4.78 is 0. The molecule has 0 aromatic heterocycles. The summed E-state index contributed by atoms with van der Waals surface area (Å²) in [5, 5.41) is 9.48. The number of hydrogen-bond donors (Lipinski definition) is 1. The van der Waals surface area contributed by atoms with Gasteiger partial charge in [-0.15, -0.1) is 0 Å². The minimum absolute atomic E-state index is 0.0166. The van der Waals surface area contributed by atoms with Gasteiger partial charge in [-0.2, -0.15) is 0 Å². The summed E-state index contributed by atoms with van der Waals surface area (Å²) in [5.41, 5.74) is 0.203. The highest BCUT2D eigenvalue weighted by atomic mass is 16.4. The van der Waals surface area contributed by atoms with Crippen LogP contribution in [0.2, 0.25) is 0 Å². The summed E-state index contributed by atoms with van der Waals surface area (Å²) in [6, 6.07) is -0.565. The second-order valence-electron chi connectivity index (χ2n) is 7.73. The molecule has 3 aliphatic rings. The number of aliphatic carboxylic acids is 1. The van der Waals surface area contributed by atoms with Crippen LogP contribution >= 0.6 is 0 Å². The molecule has 1 unspecified atom stereocenters. The van der Waals surface area contributed by atoms with Crippen molar-refractivity contribution in [2.45, 2.75) is 46.6 Å². The molecule has 0 aromatic carbocycles. The molecule has 0 aromatic rings. The van der Waals surface area contributed by atoms with Gasteiger partial charge >= 0.3 is 5.97 Å². The second kappa shape index (κ2) is 3.53. The Morgan fingerprint density at radius 2 is 1.89 bits per heavy atom. The van der Waals surface area contributed by atoms with Crippen molar-refractivity contribution in [3.63, 3.8) is 0 Å². The molecule has 3 rings (SSSR count).